The molecule has 0 saturated heterocycles. The Labute approximate surface area is 138 Å². The molecule has 4 nitrogen and oxygen atoms in total. The van der Waals surface area contributed by atoms with Crippen LogP contribution < -0.4 is 5.32 Å². The van der Waals surface area contributed by atoms with E-state index in [4.69, 9.17) is 4.74 Å². The van der Waals surface area contributed by atoms with E-state index in [2.05, 4.69) is 5.32 Å². The lowest BCUT2D eigenvalue weighted by atomic mass is 9.86. The minimum Gasteiger partial charge on any atom is -0.460 e. The number of benzene rings is 1. The molecule has 0 aliphatic heterocycles. The minimum atomic E-state index is -0.394. The van der Waals surface area contributed by atoms with Crippen molar-refractivity contribution in [2.45, 2.75) is 58.0 Å². The van der Waals surface area contributed by atoms with Gasteiger partial charge < -0.3 is 10.1 Å². The number of ether oxygens (including phenoxy) is 1. The Morgan fingerprint density at radius 3 is 2.57 bits per heavy atom. The molecule has 1 N–H and O–H groups in total. The summed E-state index contributed by atoms with van der Waals surface area (Å²) in [4.78, 5) is 23.3. The first-order chi connectivity index (χ1) is 11.2. The predicted molar refractivity (Wildman–Crippen MR) is 89.7 cm³/mol. The fraction of sp³-hybridized carbons (Fsp3) is 0.579. The molecule has 1 aromatic carbocycles. The number of hydrogen-bond acceptors (Lipinski definition) is 3. The second-order valence-electron chi connectivity index (χ2n) is 6.32. The van der Waals surface area contributed by atoms with Crippen LogP contribution in [-0.2, 0) is 20.9 Å². The van der Waals surface area contributed by atoms with Crippen molar-refractivity contribution >= 4 is 11.9 Å². The van der Waals surface area contributed by atoms with Crippen molar-refractivity contribution in [1.82, 2.24) is 5.32 Å². The molecule has 0 atom stereocenters. The van der Waals surface area contributed by atoms with Crippen LogP contribution in [-0.4, -0.2) is 18.4 Å². The maximum atomic E-state index is 11.7. The average Bonchev–Trinajstić information content (AvgIpc) is 2.60. The molecule has 23 heavy (non-hydrogen) atoms. The molecule has 2 rings (SSSR count). The van der Waals surface area contributed by atoms with E-state index in [1.54, 1.807) is 0 Å². The van der Waals surface area contributed by atoms with Crippen LogP contribution in [0.4, 0.5) is 0 Å². The summed E-state index contributed by atoms with van der Waals surface area (Å²) in [7, 11) is 0. The fourth-order valence-corrected chi connectivity index (χ4v) is 3.08. The summed E-state index contributed by atoms with van der Waals surface area (Å²) in [5.74, 6) is 0.347. The maximum absolute atomic E-state index is 11.7. The number of amides is 1. The van der Waals surface area contributed by atoms with E-state index < -0.39 is 5.97 Å². The number of carbonyl (C=O) groups excluding carboxylic acids is 2. The molecular weight excluding hydrogens is 290 g/mol. The quantitative estimate of drug-likeness (QED) is 0.745. The van der Waals surface area contributed by atoms with E-state index in [1.807, 2.05) is 30.3 Å². The fourth-order valence-electron chi connectivity index (χ4n) is 3.08. The average molecular weight is 317 g/mol. The molecule has 1 aliphatic rings. The van der Waals surface area contributed by atoms with Crippen molar-refractivity contribution < 1.29 is 14.3 Å². The largest absolute Gasteiger partial charge is 0.460 e. The van der Waals surface area contributed by atoms with Crippen molar-refractivity contribution in [1.29, 1.82) is 0 Å². The maximum Gasteiger partial charge on any atom is 0.325 e. The standard InChI is InChI=1S/C19H27NO3/c21-18(13-7-12-16-8-3-1-4-9-16)20-14-19(22)23-15-17-10-5-2-6-11-17/h2,5-6,10-11,16H,1,3-4,7-9,12-15H2,(H,20,21). The summed E-state index contributed by atoms with van der Waals surface area (Å²) >= 11 is 0. The highest BCUT2D eigenvalue weighted by Crippen LogP contribution is 2.27. The third-order valence-electron chi connectivity index (χ3n) is 4.41. The second-order valence-corrected chi connectivity index (χ2v) is 6.32. The summed E-state index contributed by atoms with van der Waals surface area (Å²) in [5, 5.41) is 2.64. The van der Waals surface area contributed by atoms with Gasteiger partial charge in [-0.1, -0.05) is 62.4 Å². The van der Waals surface area contributed by atoms with E-state index in [1.165, 1.54) is 32.1 Å². The van der Waals surface area contributed by atoms with Crippen LogP contribution in [0, 0.1) is 5.92 Å². The second kappa shape index (κ2) is 10.0. The van der Waals surface area contributed by atoms with Gasteiger partial charge in [0.1, 0.15) is 13.2 Å². The molecule has 0 radical (unpaired) electrons. The summed E-state index contributed by atoms with van der Waals surface area (Å²) < 4.78 is 5.12. The molecule has 4 heteroatoms. The van der Waals surface area contributed by atoms with Crippen LogP contribution in [0.1, 0.15) is 56.9 Å². The monoisotopic (exact) mass is 317 g/mol. The first-order valence-electron chi connectivity index (χ1n) is 8.70. The SMILES string of the molecule is O=C(CCCC1CCCCC1)NCC(=O)OCc1ccccc1. The topological polar surface area (TPSA) is 55.4 Å². The van der Waals surface area contributed by atoms with Gasteiger partial charge >= 0.3 is 5.97 Å². The summed E-state index contributed by atoms with van der Waals surface area (Å²) in [6.07, 6.45) is 9.21. The highest BCUT2D eigenvalue weighted by atomic mass is 16.5. The molecule has 0 bridgehead atoms. The first kappa shape index (κ1) is 17.5. The Morgan fingerprint density at radius 2 is 1.83 bits per heavy atom. The molecular formula is C19H27NO3. The van der Waals surface area contributed by atoms with Crippen molar-refractivity contribution in [3.63, 3.8) is 0 Å². The molecule has 1 amide bonds. The molecule has 1 saturated carbocycles. The van der Waals surface area contributed by atoms with Gasteiger partial charge in [0.15, 0.2) is 0 Å². The molecule has 126 valence electrons. The Balaban J connectivity index is 1.52. The molecule has 0 aromatic heterocycles. The van der Waals surface area contributed by atoms with Crippen LogP contribution in [0.15, 0.2) is 30.3 Å². The van der Waals surface area contributed by atoms with Gasteiger partial charge in [-0.3, -0.25) is 9.59 Å². The lowest BCUT2D eigenvalue weighted by Gasteiger charge is -2.21. The van der Waals surface area contributed by atoms with E-state index in [0.717, 1.165) is 24.3 Å². The van der Waals surface area contributed by atoms with E-state index >= 15 is 0 Å². The van der Waals surface area contributed by atoms with Gasteiger partial charge in [0, 0.05) is 6.42 Å². The van der Waals surface area contributed by atoms with Crippen LogP contribution >= 0.6 is 0 Å². The normalized spacial score (nSPS) is 15.1. The molecule has 0 unspecified atom stereocenters. The Morgan fingerprint density at radius 1 is 1.09 bits per heavy atom. The van der Waals surface area contributed by atoms with Crippen LogP contribution in [0.25, 0.3) is 0 Å². The Hall–Kier alpha value is -1.84. The third kappa shape index (κ3) is 7.31. The predicted octanol–water partition coefficient (Wildman–Crippen LogP) is 3.60. The first-order valence-corrected chi connectivity index (χ1v) is 8.70. The zero-order valence-electron chi connectivity index (χ0n) is 13.8. The highest BCUT2D eigenvalue weighted by molar-refractivity contribution is 5.81. The lowest BCUT2D eigenvalue weighted by molar-refractivity contribution is -0.145. The van der Waals surface area contributed by atoms with E-state index in [9.17, 15) is 9.59 Å². The Bertz CT molecular complexity index is 481. The third-order valence-corrected chi connectivity index (χ3v) is 4.41. The highest BCUT2D eigenvalue weighted by Gasteiger charge is 2.14. The smallest absolute Gasteiger partial charge is 0.325 e. The zero-order valence-corrected chi connectivity index (χ0v) is 13.8. The molecule has 1 fully saturated rings. The summed E-state index contributed by atoms with van der Waals surface area (Å²) in [6, 6.07) is 9.52. The number of carbonyl (C=O) groups is 2. The van der Waals surface area contributed by atoms with E-state index in [-0.39, 0.29) is 19.1 Å². The van der Waals surface area contributed by atoms with Crippen LogP contribution in [0.5, 0.6) is 0 Å². The van der Waals surface area contributed by atoms with Crippen LogP contribution in [0.3, 0.4) is 0 Å². The van der Waals surface area contributed by atoms with Crippen LogP contribution in [0.2, 0.25) is 0 Å². The minimum absolute atomic E-state index is 0.0465. The molecule has 1 aromatic rings. The zero-order chi connectivity index (χ0) is 16.3. The van der Waals surface area contributed by atoms with Crippen molar-refractivity contribution in [2.24, 2.45) is 5.92 Å². The van der Waals surface area contributed by atoms with Crippen molar-refractivity contribution in [3.8, 4) is 0 Å². The number of nitrogens with one attached hydrogen (secondary N) is 1. The van der Waals surface area contributed by atoms with Gasteiger partial charge in [-0.25, -0.2) is 0 Å². The van der Waals surface area contributed by atoms with Gasteiger partial charge in [-0.2, -0.15) is 0 Å². The van der Waals surface area contributed by atoms with Gasteiger partial charge in [0.25, 0.3) is 0 Å². The van der Waals surface area contributed by atoms with Gasteiger partial charge in [0.2, 0.25) is 5.91 Å². The van der Waals surface area contributed by atoms with Gasteiger partial charge in [0.05, 0.1) is 0 Å². The van der Waals surface area contributed by atoms with Crippen molar-refractivity contribution in [2.75, 3.05) is 6.54 Å². The lowest BCUT2D eigenvalue weighted by Crippen LogP contribution is -2.30. The van der Waals surface area contributed by atoms with Gasteiger partial charge in [-0.15, -0.1) is 0 Å². The Kier molecular flexibility index (Phi) is 7.64. The summed E-state index contributed by atoms with van der Waals surface area (Å²) in [6.45, 7) is 0.201. The van der Waals surface area contributed by atoms with Gasteiger partial charge in [-0.05, 0) is 24.3 Å². The van der Waals surface area contributed by atoms with E-state index in [0.29, 0.717) is 6.42 Å². The summed E-state index contributed by atoms with van der Waals surface area (Å²) in [5.41, 5.74) is 0.944. The molecule has 0 heterocycles. The number of hydrogen-bond donors (Lipinski definition) is 1. The number of rotatable bonds is 8. The molecule has 0 spiro atoms. The molecule has 1 aliphatic carbocycles. The number of esters is 1. The van der Waals surface area contributed by atoms with Crippen molar-refractivity contribution in [3.05, 3.63) is 35.9 Å².